The van der Waals surface area contributed by atoms with Gasteiger partial charge in [0.05, 0.1) is 29.5 Å². The van der Waals surface area contributed by atoms with Crippen molar-refractivity contribution in [3.8, 4) is 5.75 Å². The lowest BCUT2D eigenvalue weighted by atomic mass is 9.95. The fourth-order valence-electron chi connectivity index (χ4n) is 3.63. The molecule has 2 heterocycles. The third kappa shape index (κ3) is 3.89. The smallest absolute Gasteiger partial charge is 0.338 e. The number of hydrogen-bond acceptors (Lipinski definition) is 6. The number of halogens is 1. The van der Waals surface area contributed by atoms with Gasteiger partial charge in [-0.25, -0.2) is 14.2 Å². The Kier molecular flexibility index (Phi) is 6.05. The quantitative estimate of drug-likeness (QED) is 0.558. The van der Waals surface area contributed by atoms with Crippen LogP contribution in [0.3, 0.4) is 0 Å². The third-order valence-corrected chi connectivity index (χ3v) is 6.11. The molecule has 3 aromatic rings. The summed E-state index contributed by atoms with van der Waals surface area (Å²) in [6.45, 7) is 3.51. The predicted octanol–water partition coefficient (Wildman–Crippen LogP) is 2.95. The van der Waals surface area contributed by atoms with Crippen molar-refractivity contribution in [1.82, 2.24) is 4.57 Å². The van der Waals surface area contributed by atoms with Gasteiger partial charge in [-0.05, 0) is 43.7 Å². The second-order valence-electron chi connectivity index (χ2n) is 7.10. The minimum absolute atomic E-state index is 0.153. The molecule has 1 aromatic heterocycles. The Morgan fingerprint density at radius 1 is 1.22 bits per heavy atom. The molecule has 0 amide bonds. The van der Waals surface area contributed by atoms with Crippen molar-refractivity contribution in [2.75, 3.05) is 13.7 Å². The molecule has 0 fully saturated rings. The summed E-state index contributed by atoms with van der Waals surface area (Å²) in [5.74, 6) is -0.428. The summed E-state index contributed by atoms with van der Waals surface area (Å²) in [7, 11) is 1.58. The van der Waals surface area contributed by atoms with Crippen LogP contribution in [0.15, 0.2) is 69.6 Å². The van der Waals surface area contributed by atoms with E-state index < -0.39 is 17.8 Å². The first kappa shape index (κ1) is 21.7. The van der Waals surface area contributed by atoms with E-state index in [2.05, 4.69) is 4.99 Å². The van der Waals surface area contributed by atoms with E-state index >= 15 is 0 Å². The van der Waals surface area contributed by atoms with E-state index in [1.807, 2.05) is 12.1 Å². The molecule has 6 nitrogen and oxygen atoms in total. The first-order valence-electron chi connectivity index (χ1n) is 10.0. The highest BCUT2D eigenvalue weighted by molar-refractivity contribution is 7.07. The van der Waals surface area contributed by atoms with Gasteiger partial charge in [0.15, 0.2) is 4.80 Å². The van der Waals surface area contributed by atoms with Gasteiger partial charge in [-0.1, -0.05) is 41.7 Å². The fraction of sp³-hybridized carbons (Fsp3) is 0.208. The van der Waals surface area contributed by atoms with Gasteiger partial charge >= 0.3 is 5.97 Å². The first-order chi connectivity index (χ1) is 15.4. The van der Waals surface area contributed by atoms with Crippen LogP contribution in [0.4, 0.5) is 4.39 Å². The third-order valence-electron chi connectivity index (χ3n) is 5.13. The summed E-state index contributed by atoms with van der Waals surface area (Å²) in [6.07, 6.45) is 1.74. The Morgan fingerprint density at radius 2 is 1.94 bits per heavy atom. The molecule has 1 atom stereocenters. The van der Waals surface area contributed by atoms with Crippen LogP contribution in [0, 0.1) is 5.82 Å². The van der Waals surface area contributed by atoms with Crippen LogP contribution in [0.25, 0.3) is 6.08 Å². The summed E-state index contributed by atoms with van der Waals surface area (Å²) in [6, 6.07) is 12.4. The molecule has 0 unspecified atom stereocenters. The molecule has 0 aliphatic carbocycles. The Balaban J connectivity index is 1.94. The highest BCUT2D eigenvalue weighted by Gasteiger charge is 2.34. The van der Waals surface area contributed by atoms with E-state index in [1.54, 1.807) is 57.4 Å². The topological polar surface area (TPSA) is 69.9 Å². The maximum atomic E-state index is 14.8. The number of benzene rings is 2. The van der Waals surface area contributed by atoms with Gasteiger partial charge in [-0.15, -0.1) is 0 Å². The second-order valence-corrected chi connectivity index (χ2v) is 8.11. The van der Waals surface area contributed by atoms with Crippen molar-refractivity contribution in [1.29, 1.82) is 0 Å². The molecule has 0 spiro atoms. The molecule has 1 aliphatic heterocycles. The van der Waals surface area contributed by atoms with E-state index in [9.17, 15) is 14.0 Å². The van der Waals surface area contributed by atoms with E-state index in [0.29, 0.717) is 20.8 Å². The molecule has 32 heavy (non-hydrogen) atoms. The number of methoxy groups -OCH3 is 1. The zero-order chi connectivity index (χ0) is 22.8. The number of aromatic nitrogens is 1. The van der Waals surface area contributed by atoms with Crippen molar-refractivity contribution in [3.05, 3.63) is 96.4 Å². The van der Waals surface area contributed by atoms with Gasteiger partial charge in [0.25, 0.3) is 5.56 Å². The lowest BCUT2D eigenvalue weighted by Crippen LogP contribution is -2.40. The lowest BCUT2D eigenvalue weighted by molar-refractivity contribution is -0.139. The van der Waals surface area contributed by atoms with Crippen molar-refractivity contribution >= 4 is 23.4 Å². The van der Waals surface area contributed by atoms with Crippen LogP contribution in [-0.2, 0) is 9.53 Å². The zero-order valence-corrected chi connectivity index (χ0v) is 18.6. The molecule has 2 aromatic carbocycles. The number of esters is 1. The number of thiazole rings is 1. The molecule has 0 radical (unpaired) electrons. The number of hydrogen-bond donors (Lipinski definition) is 0. The molecule has 0 bridgehead atoms. The van der Waals surface area contributed by atoms with E-state index in [0.717, 1.165) is 5.56 Å². The Hall–Kier alpha value is -3.52. The van der Waals surface area contributed by atoms with Gasteiger partial charge in [0, 0.05) is 5.56 Å². The van der Waals surface area contributed by atoms with Crippen LogP contribution in [0.1, 0.15) is 31.0 Å². The van der Waals surface area contributed by atoms with Crippen molar-refractivity contribution < 1.29 is 18.7 Å². The van der Waals surface area contributed by atoms with Crippen LogP contribution >= 0.6 is 11.3 Å². The first-order valence-corrected chi connectivity index (χ1v) is 10.8. The lowest BCUT2D eigenvalue weighted by Gasteiger charge is -2.24. The molecule has 4 rings (SSSR count). The zero-order valence-electron chi connectivity index (χ0n) is 17.8. The van der Waals surface area contributed by atoms with Crippen LogP contribution in [0.5, 0.6) is 5.75 Å². The Morgan fingerprint density at radius 3 is 2.59 bits per heavy atom. The van der Waals surface area contributed by atoms with Gasteiger partial charge in [0.2, 0.25) is 0 Å². The van der Waals surface area contributed by atoms with Crippen molar-refractivity contribution in [2.45, 2.75) is 19.9 Å². The summed E-state index contributed by atoms with van der Waals surface area (Å²) in [4.78, 5) is 31.1. The maximum absolute atomic E-state index is 14.8. The van der Waals surface area contributed by atoms with Crippen LogP contribution in [-0.4, -0.2) is 24.3 Å². The van der Waals surface area contributed by atoms with Crippen LogP contribution < -0.4 is 19.6 Å². The summed E-state index contributed by atoms with van der Waals surface area (Å²) in [5.41, 5.74) is 1.21. The minimum Gasteiger partial charge on any atom is -0.497 e. The van der Waals surface area contributed by atoms with Gasteiger partial charge < -0.3 is 9.47 Å². The highest BCUT2D eigenvalue weighted by Crippen LogP contribution is 2.32. The summed E-state index contributed by atoms with van der Waals surface area (Å²) >= 11 is 1.19. The van der Waals surface area contributed by atoms with Gasteiger partial charge in [-0.3, -0.25) is 9.36 Å². The molecular weight excluding hydrogens is 431 g/mol. The normalized spacial score (nSPS) is 15.9. The van der Waals surface area contributed by atoms with E-state index in [4.69, 9.17) is 9.47 Å². The Bertz CT molecular complexity index is 1390. The SMILES string of the molecule is CCOC(=O)C1=C(C)N=c2s/c(=C\c3ccc(OC)cc3)c(=O)n2[C@H]1c1ccccc1F. The van der Waals surface area contributed by atoms with E-state index in [1.165, 1.54) is 22.0 Å². The van der Waals surface area contributed by atoms with Gasteiger partial charge in [0.1, 0.15) is 17.6 Å². The fourth-order valence-corrected chi connectivity index (χ4v) is 4.68. The van der Waals surface area contributed by atoms with Gasteiger partial charge in [-0.2, -0.15) is 0 Å². The second kappa shape index (κ2) is 8.92. The number of allylic oxidation sites excluding steroid dienone is 1. The molecule has 0 saturated carbocycles. The summed E-state index contributed by atoms with van der Waals surface area (Å²) in [5, 5.41) is 0. The Labute approximate surface area is 187 Å². The highest BCUT2D eigenvalue weighted by atomic mass is 32.1. The molecular formula is C24H21FN2O4S. The largest absolute Gasteiger partial charge is 0.497 e. The van der Waals surface area contributed by atoms with Crippen LogP contribution in [0.2, 0.25) is 0 Å². The molecule has 0 N–H and O–H groups in total. The average molecular weight is 453 g/mol. The molecule has 8 heteroatoms. The average Bonchev–Trinajstić information content (AvgIpc) is 3.08. The van der Waals surface area contributed by atoms with E-state index in [-0.39, 0.29) is 23.3 Å². The molecule has 1 aliphatic rings. The maximum Gasteiger partial charge on any atom is 0.338 e. The standard InChI is InChI=1S/C24H21FN2O4S/c1-4-31-23(29)20-14(2)26-24-27(21(20)17-7-5-6-8-18(17)25)22(28)19(32-24)13-15-9-11-16(30-3)12-10-15/h5-13,21H,4H2,1-3H3/b19-13-/t21-/m0/s1. The molecule has 164 valence electrons. The number of carbonyl (C=O) groups is 1. The number of carbonyl (C=O) groups excluding carboxylic acids is 1. The monoisotopic (exact) mass is 452 g/mol. The summed E-state index contributed by atoms with van der Waals surface area (Å²) < 4.78 is 27.0. The predicted molar refractivity (Wildman–Crippen MR) is 120 cm³/mol. The minimum atomic E-state index is -0.968. The number of fused-ring (bicyclic) bond motifs is 1. The number of nitrogens with zero attached hydrogens (tertiary/aromatic N) is 2. The van der Waals surface area contributed by atoms with Crippen molar-refractivity contribution in [2.24, 2.45) is 4.99 Å². The van der Waals surface area contributed by atoms with Crippen molar-refractivity contribution in [3.63, 3.8) is 0 Å². The molecule has 0 saturated heterocycles. The number of ether oxygens (including phenoxy) is 2. The number of rotatable bonds is 5.